The lowest BCUT2D eigenvalue weighted by Gasteiger charge is -2.10. The van der Waals surface area contributed by atoms with Crippen molar-refractivity contribution in [1.82, 2.24) is 19.7 Å². The van der Waals surface area contributed by atoms with Crippen LogP contribution in [0.15, 0.2) is 46.1 Å². The van der Waals surface area contributed by atoms with E-state index in [0.29, 0.717) is 34.8 Å². The number of rotatable bonds is 8. The molecule has 0 saturated carbocycles. The van der Waals surface area contributed by atoms with Crippen LogP contribution in [0.25, 0.3) is 5.95 Å². The lowest BCUT2D eigenvalue weighted by Crippen LogP contribution is -2.20. The van der Waals surface area contributed by atoms with E-state index in [9.17, 15) is 9.59 Å². The number of hydrogen-bond acceptors (Lipinski definition) is 5. The Morgan fingerprint density at radius 1 is 1.23 bits per heavy atom. The Morgan fingerprint density at radius 2 is 1.97 bits per heavy atom. The van der Waals surface area contributed by atoms with Crippen LogP contribution in [0.2, 0.25) is 0 Å². The van der Waals surface area contributed by atoms with E-state index in [1.165, 1.54) is 15.6 Å². The number of aromatic amines is 1. The maximum Gasteiger partial charge on any atom is 0.252 e. The lowest BCUT2D eigenvalue weighted by molar-refractivity contribution is -0.115. The lowest BCUT2D eigenvalue weighted by atomic mass is 10.1. The van der Waals surface area contributed by atoms with Gasteiger partial charge in [0.2, 0.25) is 11.9 Å². The fourth-order valence-corrected chi connectivity index (χ4v) is 3.90. The predicted molar refractivity (Wildman–Crippen MR) is 120 cm³/mol. The van der Waals surface area contributed by atoms with Crippen molar-refractivity contribution in [3.63, 3.8) is 0 Å². The van der Waals surface area contributed by atoms with Crippen molar-refractivity contribution in [3.8, 4) is 5.95 Å². The van der Waals surface area contributed by atoms with Crippen LogP contribution in [0.3, 0.4) is 0 Å². The predicted octanol–water partition coefficient (Wildman–Crippen LogP) is 3.90. The van der Waals surface area contributed by atoms with Crippen LogP contribution in [0, 0.1) is 6.92 Å². The highest BCUT2D eigenvalue weighted by Crippen LogP contribution is 2.23. The molecule has 0 unspecified atom stereocenters. The van der Waals surface area contributed by atoms with Gasteiger partial charge in [-0.15, -0.1) is 11.8 Å². The van der Waals surface area contributed by atoms with Gasteiger partial charge in [0.05, 0.1) is 12.1 Å². The molecule has 0 atom stereocenters. The van der Waals surface area contributed by atoms with Crippen LogP contribution >= 0.6 is 11.8 Å². The summed E-state index contributed by atoms with van der Waals surface area (Å²) in [6.45, 7) is 8.15. The Bertz CT molecular complexity index is 1070. The van der Waals surface area contributed by atoms with Crippen molar-refractivity contribution in [2.45, 2.75) is 57.1 Å². The van der Waals surface area contributed by atoms with Gasteiger partial charge in [-0.05, 0) is 31.0 Å². The molecule has 30 heavy (non-hydrogen) atoms. The SMILES string of the molecule is CCCc1cc(=O)[nH]c(-n2nc(C)cc2NC(=O)Cc2ccc(SC(C)C)cc2)n1. The van der Waals surface area contributed by atoms with Crippen molar-refractivity contribution >= 4 is 23.5 Å². The minimum Gasteiger partial charge on any atom is -0.310 e. The molecule has 3 aromatic rings. The third-order valence-electron chi connectivity index (χ3n) is 4.25. The van der Waals surface area contributed by atoms with E-state index < -0.39 is 0 Å². The topological polar surface area (TPSA) is 92.7 Å². The highest BCUT2D eigenvalue weighted by molar-refractivity contribution is 7.99. The van der Waals surface area contributed by atoms with Crippen molar-refractivity contribution in [3.05, 3.63) is 63.7 Å². The van der Waals surface area contributed by atoms with Crippen molar-refractivity contribution < 1.29 is 4.79 Å². The van der Waals surface area contributed by atoms with Crippen molar-refractivity contribution in [2.75, 3.05) is 5.32 Å². The Morgan fingerprint density at radius 3 is 2.63 bits per heavy atom. The van der Waals surface area contributed by atoms with E-state index >= 15 is 0 Å². The van der Waals surface area contributed by atoms with E-state index in [-0.39, 0.29) is 17.9 Å². The van der Waals surface area contributed by atoms with Crippen LogP contribution in [0.5, 0.6) is 0 Å². The monoisotopic (exact) mass is 425 g/mol. The van der Waals surface area contributed by atoms with Gasteiger partial charge in [-0.1, -0.05) is 39.3 Å². The molecule has 0 bridgehead atoms. The molecule has 0 aliphatic rings. The Balaban J connectivity index is 1.76. The summed E-state index contributed by atoms with van der Waals surface area (Å²) in [5.74, 6) is 0.609. The van der Waals surface area contributed by atoms with Crippen LogP contribution in [0.1, 0.15) is 44.1 Å². The number of aryl methyl sites for hydroxylation is 2. The van der Waals surface area contributed by atoms with E-state index in [4.69, 9.17) is 0 Å². The van der Waals surface area contributed by atoms with Crippen LogP contribution in [0.4, 0.5) is 5.82 Å². The second kappa shape index (κ2) is 9.75. The molecule has 0 aliphatic heterocycles. The van der Waals surface area contributed by atoms with Crippen molar-refractivity contribution in [2.24, 2.45) is 0 Å². The number of hydrogen-bond donors (Lipinski definition) is 2. The summed E-state index contributed by atoms with van der Waals surface area (Å²) in [4.78, 5) is 33.0. The first-order valence-corrected chi connectivity index (χ1v) is 10.9. The number of carbonyl (C=O) groups excluding carboxylic acids is 1. The highest BCUT2D eigenvalue weighted by atomic mass is 32.2. The summed E-state index contributed by atoms with van der Waals surface area (Å²) < 4.78 is 1.47. The quantitative estimate of drug-likeness (QED) is 0.534. The van der Waals surface area contributed by atoms with Gasteiger partial charge in [0.25, 0.3) is 5.56 Å². The van der Waals surface area contributed by atoms with Gasteiger partial charge in [0.1, 0.15) is 5.82 Å². The standard InChI is InChI=1S/C22H27N5O2S/c1-5-6-17-13-21(29)25-22(23-17)27-19(11-15(4)26-27)24-20(28)12-16-7-9-18(10-8-16)30-14(2)3/h7-11,13-14H,5-6,12H2,1-4H3,(H,24,28)(H,23,25,29). The number of carbonyl (C=O) groups is 1. The summed E-state index contributed by atoms with van der Waals surface area (Å²) >= 11 is 1.79. The molecule has 0 fully saturated rings. The fraction of sp³-hybridized carbons (Fsp3) is 0.364. The number of aromatic nitrogens is 4. The summed E-state index contributed by atoms with van der Waals surface area (Å²) in [7, 11) is 0. The number of benzene rings is 1. The minimum absolute atomic E-state index is 0.160. The van der Waals surface area contributed by atoms with E-state index in [2.05, 4.69) is 34.2 Å². The maximum absolute atomic E-state index is 12.6. The zero-order chi connectivity index (χ0) is 21.7. The molecule has 1 aromatic carbocycles. The van der Waals surface area contributed by atoms with Gasteiger partial charge in [-0.3, -0.25) is 14.6 Å². The van der Waals surface area contributed by atoms with E-state index in [1.54, 1.807) is 17.8 Å². The first-order valence-electron chi connectivity index (χ1n) is 10.1. The second-order valence-corrected chi connectivity index (χ2v) is 9.08. The zero-order valence-electron chi connectivity index (χ0n) is 17.7. The van der Waals surface area contributed by atoms with E-state index in [0.717, 1.165) is 12.0 Å². The molecule has 8 heteroatoms. The van der Waals surface area contributed by atoms with Crippen molar-refractivity contribution in [1.29, 1.82) is 0 Å². The molecule has 1 amide bonds. The number of thioether (sulfide) groups is 1. The number of amides is 1. The second-order valence-electron chi connectivity index (χ2n) is 7.43. The number of nitrogens with one attached hydrogen (secondary N) is 2. The zero-order valence-corrected chi connectivity index (χ0v) is 18.5. The first kappa shape index (κ1) is 21.8. The average molecular weight is 426 g/mol. The highest BCUT2D eigenvalue weighted by Gasteiger charge is 2.14. The molecule has 7 nitrogen and oxygen atoms in total. The maximum atomic E-state index is 12.6. The molecule has 0 spiro atoms. The molecule has 158 valence electrons. The normalized spacial score (nSPS) is 11.1. The molecule has 2 N–H and O–H groups in total. The Hall–Kier alpha value is -2.87. The van der Waals surface area contributed by atoms with Gasteiger partial charge >= 0.3 is 0 Å². The third kappa shape index (κ3) is 5.82. The van der Waals surface area contributed by atoms with Crippen LogP contribution < -0.4 is 10.9 Å². The largest absolute Gasteiger partial charge is 0.310 e. The molecular formula is C22H27N5O2S. The number of H-pyrrole nitrogens is 1. The molecule has 2 heterocycles. The van der Waals surface area contributed by atoms with Gasteiger partial charge in [0.15, 0.2) is 0 Å². The Labute approximate surface area is 180 Å². The van der Waals surface area contributed by atoms with Crippen LogP contribution in [-0.2, 0) is 17.6 Å². The summed E-state index contributed by atoms with van der Waals surface area (Å²) in [6.07, 6.45) is 1.83. The van der Waals surface area contributed by atoms with E-state index in [1.807, 2.05) is 38.1 Å². The summed E-state index contributed by atoms with van der Waals surface area (Å²) in [6, 6.07) is 11.3. The average Bonchev–Trinajstić information content (AvgIpc) is 3.03. The molecule has 0 radical (unpaired) electrons. The van der Waals surface area contributed by atoms with Crippen LogP contribution in [-0.4, -0.2) is 30.9 Å². The molecule has 3 rings (SSSR count). The summed E-state index contributed by atoms with van der Waals surface area (Å²) in [5.41, 5.74) is 2.10. The molecule has 0 saturated heterocycles. The molecular weight excluding hydrogens is 398 g/mol. The smallest absolute Gasteiger partial charge is 0.252 e. The van der Waals surface area contributed by atoms with Gasteiger partial charge in [-0.25, -0.2) is 4.98 Å². The summed E-state index contributed by atoms with van der Waals surface area (Å²) in [5, 5.41) is 7.79. The van der Waals surface area contributed by atoms with Gasteiger partial charge in [0, 0.05) is 28.0 Å². The number of nitrogens with zero attached hydrogens (tertiary/aromatic N) is 3. The first-order chi connectivity index (χ1) is 14.3. The van der Waals surface area contributed by atoms with Gasteiger partial charge in [-0.2, -0.15) is 9.78 Å². The third-order valence-corrected chi connectivity index (χ3v) is 5.26. The molecule has 2 aromatic heterocycles. The van der Waals surface area contributed by atoms with Gasteiger partial charge < -0.3 is 5.32 Å². The fourth-order valence-electron chi connectivity index (χ4n) is 3.06. The Kier molecular flexibility index (Phi) is 7.10. The minimum atomic E-state index is -0.242. The molecule has 0 aliphatic carbocycles. The number of anilines is 1.